The van der Waals surface area contributed by atoms with Crippen LogP contribution in [-0.2, 0) is 18.3 Å². The van der Waals surface area contributed by atoms with Gasteiger partial charge >= 0.3 is 0 Å². The van der Waals surface area contributed by atoms with Crippen molar-refractivity contribution in [1.82, 2.24) is 20.3 Å². The number of hydrogen-bond acceptors (Lipinski definition) is 4. The van der Waals surface area contributed by atoms with Crippen molar-refractivity contribution >= 4 is 22.6 Å². The second-order valence-electron chi connectivity index (χ2n) is 6.12. The highest BCUT2D eigenvalue weighted by molar-refractivity contribution is 14.1. The predicted octanol–water partition coefficient (Wildman–Crippen LogP) is 1.67. The lowest BCUT2D eigenvalue weighted by Gasteiger charge is -2.61. The normalized spacial score (nSPS) is 37.1. The Morgan fingerprint density at radius 2 is 2.37 bits per heavy atom. The summed E-state index contributed by atoms with van der Waals surface area (Å²) in [6.45, 7) is 1.81. The average molecular weight is 376 g/mol. The highest BCUT2D eigenvalue weighted by Crippen LogP contribution is 2.63. The van der Waals surface area contributed by atoms with E-state index >= 15 is 0 Å². The van der Waals surface area contributed by atoms with Crippen molar-refractivity contribution in [3.63, 3.8) is 0 Å². The van der Waals surface area contributed by atoms with E-state index in [-0.39, 0.29) is 0 Å². The molecule has 1 unspecified atom stereocenters. The van der Waals surface area contributed by atoms with Gasteiger partial charge in [-0.1, -0.05) is 27.8 Å². The second kappa shape index (κ2) is 4.96. The monoisotopic (exact) mass is 376 g/mol. The van der Waals surface area contributed by atoms with E-state index in [1.807, 2.05) is 20.4 Å². The van der Waals surface area contributed by atoms with Gasteiger partial charge in [-0.25, -0.2) is 0 Å². The lowest BCUT2D eigenvalue weighted by molar-refractivity contribution is -0.112. The molecule has 6 heteroatoms. The molecule has 0 amide bonds. The van der Waals surface area contributed by atoms with Crippen molar-refractivity contribution in [3.8, 4) is 0 Å². The third-order valence-corrected chi connectivity index (χ3v) is 5.90. The van der Waals surface area contributed by atoms with Crippen LogP contribution in [0, 0.1) is 5.41 Å². The number of nitrogens with zero attached hydrogens (tertiary/aromatic N) is 3. The third kappa shape index (κ3) is 2.54. The molecule has 106 valence electrons. The first-order chi connectivity index (χ1) is 9.05. The SMILES string of the molecule is COC1CCC2(I)CC1(CNCc1cn(C)nn1)C2. The summed E-state index contributed by atoms with van der Waals surface area (Å²) in [6, 6.07) is 0. The Balaban J connectivity index is 1.56. The number of ether oxygens (including phenoxy) is 1. The molecule has 3 aliphatic carbocycles. The number of hydrogen-bond donors (Lipinski definition) is 1. The van der Waals surface area contributed by atoms with Crippen molar-refractivity contribution in [2.24, 2.45) is 12.5 Å². The van der Waals surface area contributed by atoms with Crippen LogP contribution in [0.2, 0.25) is 0 Å². The van der Waals surface area contributed by atoms with Gasteiger partial charge < -0.3 is 10.1 Å². The quantitative estimate of drug-likeness (QED) is 0.628. The Morgan fingerprint density at radius 1 is 1.58 bits per heavy atom. The van der Waals surface area contributed by atoms with E-state index < -0.39 is 0 Å². The maximum atomic E-state index is 5.72. The maximum absolute atomic E-state index is 5.72. The molecule has 1 aromatic heterocycles. The van der Waals surface area contributed by atoms with Gasteiger partial charge in [0.1, 0.15) is 0 Å². The summed E-state index contributed by atoms with van der Waals surface area (Å²) in [6.07, 6.45) is 7.45. The first kappa shape index (κ1) is 13.8. The van der Waals surface area contributed by atoms with E-state index in [9.17, 15) is 0 Å². The zero-order chi connectivity index (χ0) is 13.5. The molecule has 3 saturated carbocycles. The number of methoxy groups -OCH3 is 1. The molecule has 2 bridgehead atoms. The number of halogens is 1. The fourth-order valence-corrected chi connectivity index (χ4v) is 5.66. The van der Waals surface area contributed by atoms with Crippen LogP contribution in [-0.4, -0.2) is 38.2 Å². The zero-order valence-corrected chi connectivity index (χ0v) is 13.7. The van der Waals surface area contributed by atoms with Crippen LogP contribution < -0.4 is 5.32 Å². The van der Waals surface area contributed by atoms with Crippen LogP contribution in [0.4, 0.5) is 0 Å². The number of alkyl halides is 1. The van der Waals surface area contributed by atoms with Crippen molar-refractivity contribution in [2.75, 3.05) is 13.7 Å². The van der Waals surface area contributed by atoms with Crippen LogP contribution >= 0.6 is 22.6 Å². The molecule has 5 nitrogen and oxygen atoms in total. The van der Waals surface area contributed by atoms with Gasteiger partial charge in [0.05, 0.1) is 11.8 Å². The summed E-state index contributed by atoms with van der Waals surface area (Å²) in [4.78, 5) is 0. The minimum Gasteiger partial charge on any atom is -0.381 e. The van der Waals surface area contributed by atoms with Crippen LogP contribution in [0.5, 0.6) is 0 Å². The van der Waals surface area contributed by atoms with Crippen molar-refractivity contribution < 1.29 is 4.74 Å². The zero-order valence-electron chi connectivity index (χ0n) is 11.5. The van der Waals surface area contributed by atoms with E-state index in [0.717, 1.165) is 18.8 Å². The molecule has 1 aromatic rings. The van der Waals surface area contributed by atoms with Crippen LogP contribution in [0.3, 0.4) is 0 Å². The fourth-order valence-electron chi connectivity index (χ4n) is 3.83. The summed E-state index contributed by atoms with van der Waals surface area (Å²) in [5.41, 5.74) is 1.35. The third-order valence-electron chi connectivity index (χ3n) is 4.59. The largest absolute Gasteiger partial charge is 0.381 e. The van der Waals surface area contributed by atoms with Gasteiger partial charge in [-0.15, -0.1) is 5.10 Å². The molecule has 3 fully saturated rings. The molecule has 0 saturated heterocycles. The lowest BCUT2D eigenvalue weighted by Crippen LogP contribution is -2.63. The number of fused-ring (bicyclic) bond motifs is 2. The molecule has 4 rings (SSSR count). The highest BCUT2D eigenvalue weighted by Gasteiger charge is 2.60. The van der Waals surface area contributed by atoms with Gasteiger partial charge in [0, 0.05) is 42.3 Å². The topological polar surface area (TPSA) is 52.0 Å². The smallest absolute Gasteiger partial charge is 0.0964 e. The van der Waals surface area contributed by atoms with Gasteiger partial charge in [0.2, 0.25) is 0 Å². The molecular formula is C13H21IN4O. The summed E-state index contributed by atoms with van der Waals surface area (Å²) in [5.74, 6) is 0. The van der Waals surface area contributed by atoms with E-state index in [0.29, 0.717) is 14.9 Å². The second-order valence-corrected chi connectivity index (χ2v) is 8.41. The standard InChI is InChI=1S/C13H21IN4O/c1-18-6-10(16-17-18)5-15-9-12-7-13(14,8-12)4-3-11(12)19-2/h6,11,15H,3-5,7-9H2,1-2H3. The van der Waals surface area contributed by atoms with E-state index in [1.165, 1.54) is 25.7 Å². The first-order valence-electron chi connectivity index (χ1n) is 6.83. The molecule has 0 radical (unpaired) electrons. The molecular weight excluding hydrogens is 355 g/mol. The van der Waals surface area contributed by atoms with E-state index in [2.05, 4.69) is 38.2 Å². The molecule has 0 aromatic carbocycles. The number of nitrogens with one attached hydrogen (secondary N) is 1. The predicted molar refractivity (Wildman–Crippen MR) is 81.2 cm³/mol. The van der Waals surface area contributed by atoms with Crippen molar-refractivity contribution in [3.05, 3.63) is 11.9 Å². The van der Waals surface area contributed by atoms with E-state index in [4.69, 9.17) is 4.74 Å². The fraction of sp³-hybridized carbons (Fsp3) is 0.846. The van der Waals surface area contributed by atoms with Gasteiger partial charge in [-0.05, 0) is 25.7 Å². The minimum absolute atomic E-state index is 0.344. The van der Waals surface area contributed by atoms with Gasteiger partial charge in [0.15, 0.2) is 0 Å². The Labute approximate surface area is 127 Å². The molecule has 0 spiro atoms. The Morgan fingerprint density at radius 3 is 3.00 bits per heavy atom. The summed E-state index contributed by atoms with van der Waals surface area (Å²) >= 11 is 2.65. The minimum atomic E-state index is 0.344. The first-order valence-corrected chi connectivity index (χ1v) is 7.91. The number of aromatic nitrogens is 3. The van der Waals surface area contributed by atoms with Crippen molar-refractivity contribution in [2.45, 2.75) is 41.8 Å². The Kier molecular flexibility index (Phi) is 3.59. The molecule has 1 atom stereocenters. The summed E-state index contributed by atoms with van der Waals surface area (Å²) < 4.78 is 8.01. The number of rotatable bonds is 5. The average Bonchev–Trinajstić information content (AvgIpc) is 2.74. The number of aryl methyl sites for hydroxylation is 1. The molecule has 19 heavy (non-hydrogen) atoms. The van der Waals surface area contributed by atoms with Gasteiger partial charge in [-0.2, -0.15) is 0 Å². The van der Waals surface area contributed by atoms with Crippen LogP contribution in [0.15, 0.2) is 6.20 Å². The highest BCUT2D eigenvalue weighted by atomic mass is 127. The summed E-state index contributed by atoms with van der Waals surface area (Å²) in [5, 5.41) is 11.6. The Hall–Kier alpha value is -0.210. The lowest BCUT2D eigenvalue weighted by atomic mass is 9.52. The molecule has 1 heterocycles. The molecule has 0 aliphatic heterocycles. The van der Waals surface area contributed by atoms with Crippen LogP contribution in [0.1, 0.15) is 31.4 Å². The van der Waals surface area contributed by atoms with Crippen molar-refractivity contribution in [1.29, 1.82) is 0 Å². The van der Waals surface area contributed by atoms with Gasteiger partial charge in [0.25, 0.3) is 0 Å². The Bertz CT molecular complexity index is 455. The molecule has 1 N–H and O–H groups in total. The summed E-state index contributed by atoms with van der Waals surface area (Å²) in [7, 11) is 3.75. The van der Waals surface area contributed by atoms with Gasteiger partial charge in [-0.3, -0.25) is 4.68 Å². The van der Waals surface area contributed by atoms with E-state index in [1.54, 1.807) is 4.68 Å². The van der Waals surface area contributed by atoms with Crippen LogP contribution in [0.25, 0.3) is 0 Å². The molecule has 3 aliphatic rings. The maximum Gasteiger partial charge on any atom is 0.0964 e.